The fraction of sp³-hybridized carbons (Fsp3) is 0.304. The number of aromatic hydroxyl groups is 3. The fourth-order valence-electron chi connectivity index (χ4n) is 3.15. The van der Waals surface area contributed by atoms with Crippen LogP contribution in [-0.4, -0.2) is 28.4 Å². The van der Waals surface area contributed by atoms with Crippen LogP contribution >= 0.6 is 12.6 Å². The Bertz CT molecular complexity index is 938. The van der Waals surface area contributed by atoms with Crippen LogP contribution in [0.3, 0.4) is 0 Å². The molecule has 2 aromatic rings. The van der Waals surface area contributed by atoms with Gasteiger partial charge in [0.25, 0.3) is 0 Å². The third-order valence-electron chi connectivity index (χ3n) is 5.00. The average molecular weight is 415 g/mol. The molecule has 156 valence electrons. The number of nitrogens with zero attached hydrogens (tertiary/aromatic N) is 2. The zero-order valence-electron chi connectivity index (χ0n) is 17.6. The van der Waals surface area contributed by atoms with E-state index in [1.807, 2.05) is 51.8 Å². The summed E-state index contributed by atoms with van der Waals surface area (Å²) in [5.41, 5.74) is 3.37. The maximum absolute atomic E-state index is 10.5. The van der Waals surface area contributed by atoms with Gasteiger partial charge in [-0.2, -0.15) is 0 Å². The monoisotopic (exact) mass is 414 g/mol. The molecular formula is C23H30N2O3S. The van der Waals surface area contributed by atoms with Crippen molar-refractivity contribution in [2.24, 2.45) is 0 Å². The van der Waals surface area contributed by atoms with E-state index in [1.54, 1.807) is 23.1 Å². The van der Waals surface area contributed by atoms with E-state index < -0.39 is 0 Å². The van der Waals surface area contributed by atoms with E-state index in [-0.39, 0.29) is 23.3 Å². The molecule has 0 fully saturated rings. The van der Waals surface area contributed by atoms with E-state index in [2.05, 4.69) is 19.2 Å². The molecule has 2 rings (SSSR count). The summed E-state index contributed by atoms with van der Waals surface area (Å²) in [6.07, 6.45) is 2.48. The molecule has 2 aromatic carbocycles. The Morgan fingerprint density at radius 1 is 1.10 bits per heavy atom. The van der Waals surface area contributed by atoms with Crippen LogP contribution in [0.15, 0.2) is 48.0 Å². The molecule has 0 aromatic heterocycles. The van der Waals surface area contributed by atoms with Crippen molar-refractivity contribution < 1.29 is 15.3 Å². The summed E-state index contributed by atoms with van der Waals surface area (Å²) >= 11 is 4.49. The van der Waals surface area contributed by atoms with Crippen LogP contribution in [0.4, 0.5) is 11.4 Å². The molecule has 3 N–H and O–H groups in total. The van der Waals surface area contributed by atoms with Crippen molar-refractivity contribution in [3.05, 3.63) is 59.1 Å². The number of phenolic OH excluding ortho intramolecular Hbond substituents is 3. The molecule has 0 saturated heterocycles. The van der Waals surface area contributed by atoms with Crippen LogP contribution in [0.25, 0.3) is 5.70 Å². The summed E-state index contributed by atoms with van der Waals surface area (Å²) < 4.78 is 0. The Morgan fingerprint density at radius 2 is 1.76 bits per heavy atom. The Labute approximate surface area is 178 Å². The van der Waals surface area contributed by atoms with E-state index in [9.17, 15) is 15.3 Å². The van der Waals surface area contributed by atoms with Gasteiger partial charge in [-0.05, 0) is 57.0 Å². The molecule has 0 saturated carbocycles. The highest BCUT2D eigenvalue weighted by Crippen LogP contribution is 2.40. The average Bonchev–Trinajstić information content (AvgIpc) is 2.66. The number of rotatable bonds is 7. The zero-order chi connectivity index (χ0) is 21.9. The lowest BCUT2D eigenvalue weighted by molar-refractivity contribution is 0.445. The number of thiol groups is 1. The van der Waals surface area contributed by atoms with E-state index >= 15 is 0 Å². The van der Waals surface area contributed by atoms with Crippen molar-refractivity contribution in [1.82, 2.24) is 0 Å². The molecule has 29 heavy (non-hydrogen) atoms. The van der Waals surface area contributed by atoms with Crippen LogP contribution in [-0.2, 0) is 6.42 Å². The Morgan fingerprint density at radius 3 is 2.28 bits per heavy atom. The van der Waals surface area contributed by atoms with Gasteiger partial charge in [0.1, 0.15) is 17.2 Å². The number of aryl methyl sites for hydroxylation is 1. The lowest BCUT2D eigenvalue weighted by atomic mass is 10.0. The molecule has 0 heterocycles. The predicted molar refractivity (Wildman–Crippen MR) is 125 cm³/mol. The van der Waals surface area contributed by atoms with Gasteiger partial charge in [-0.25, -0.2) is 0 Å². The van der Waals surface area contributed by atoms with E-state index in [4.69, 9.17) is 0 Å². The second kappa shape index (κ2) is 9.18. The number of hydrogen-bond donors (Lipinski definition) is 4. The molecule has 0 bridgehead atoms. The van der Waals surface area contributed by atoms with E-state index in [1.165, 1.54) is 6.07 Å². The van der Waals surface area contributed by atoms with Gasteiger partial charge in [0.2, 0.25) is 0 Å². The third kappa shape index (κ3) is 4.65. The number of phenols is 3. The molecular weight excluding hydrogens is 384 g/mol. The summed E-state index contributed by atoms with van der Waals surface area (Å²) in [6, 6.07) is 8.58. The molecule has 0 spiro atoms. The lowest BCUT2D eigenvalue weighted by Gasteiger charge is -2.30. The van der Waals surface area contributed by atoms with Crippen LogP contribution in [0.5, 0.6) is 17.2 Å². The second-order valence-corrected chi connectivity index (χ2v) is 7.67. The van der Waals surface area contributed by atoms with Gasteiger partial charge in [-0.15, -0.1) is 12.6 Å². The molecule has 0 radical (unpaired) electrons. The van der Waals surface area contributed by atoms with Gasteiger partial charge >= 0.3 is 0 Å². The van der Waals surface area contributed by atoms with Crippen molar-refractivity contribution in [3.8, 4) is 17.2 Å². The van der Waals surface area contributed by atoms with Gasteiger partial charge in [-0.3, -0.25) is 0 Å². The number of benzene rings is 2. The highest BCUT2D eigenvalue weighted by Gasteiger charge is 2.21. The highest BCUT2D eigenvalue weighted by molar-refractivity contribution is 7.84. The first kappa shape index (κ1) is 22.6. The largest absolute Gasteiger partial charge is 0.508 e. The molecule has 6 heteroatoms. The van der Waals surface area contributed by atoms with Crippen LogP contribution in [0.2, 0.25) is 0 Å². The van der Waals surface area contributed by atoms with Crippen LogP contribution in [0, 0.1) is 0 Å². The SMILES string of the molecule is C=C(S)N(/C(=C\C)c1cc(CC)c(O)cc1O)c1ccc(O)c(N(C)C(C)C)c1. The highest BCUT2D eigenvalue weighted by atomic mass is 32.1. The number of hydrogen-bond acceptors (Lipinski definition) is 6. The zero-order valence-corrected chi connectivity index (χ0v) is 18.5. The predicted octanol–water partition coefficient (Wildman–Crippen LogP) is 5.48. The fourth-order valence-corrected chi connectivity index (χ4v) is 3.38. The van der Waals surface area contributed by atoms with Crippen molar-refractivity contribution in [2.75, 3.05) is 16.8 Å². The first-order chi connectivity index (χ1) is 13.6. The minimum atomic E-state index is -0.0364. The standard InChI is InChI=1S/C23H30N2O3S/c1-7-16-11-18(23(28)13-22(16)27)19(8-2)25(15(5)29)17-9-10-21(26)20(12-17)24(6)14(3)4/h8-14,26-29H,5,7H2,1-4,6H3/b19-8-. The normalized spacial score (nSPS) is 11.6. The number of allylic oxidation sites excluding steroid dienone is 1. The molecule has 0 aliphatic rings. The third-order valence-corrected chi connectivity index (χ3v) is 5.20. The van der Waals surface area contributed by atoms with Crippen molar-refractivity contribution in [1.29, 1.82) is 0 Å². The maximum Gasteiger partial charge on any atom is 0.139 e. The van der Waals surface area contributed by atoms with Gasteiger partial charge in [0.15, 0.2) is 0 Å². The summed E-state index contributed by atoms with van der Waals surface area (Å²) in [5.74, 6) is 0.203. The topological polar surface area (TPSA) is 67.2 Å². The summed E-state index contributed by atoms with van der Waals surface area (Å²) in [7, 11) is 1.92. The first-order valence-corrected chi connectivity index (χ1v) is 10.0. The molecule has 0 amide bonds. The van der Waals surface area contributed by atoms with Gasteiger partial charge in [0.05, 0.1) is 16.4 Å². The summed E-state index contributed by atoms with van der Waals surface area (Å²) in [4.78, 5) is 3.77. The van der Waals surface area contributed by atoms with Crippen LogP contribution in [0.1, 0.15) is 38.8 Å². The van der Waals surface area contributed by atoms with Crippen LogP contribution < -0.4 is 9.80 Å². The van der Waals surface area contributed by atoms with Crippen molar-refractivity contribution in [2.45, 2.75) is 40.2 Å². The molecule has 5 nitrogen and oxygen atoms in total. The van der Waals surface area contributed by atoms with E-state index in [0.717, 1.165) is 11.3 Å². The minimum absolute atomic E-state index is 0.0364. The first-order valence-electron chi connectivity index (χ1n) is 9.57. The Balaban J connectivity index is 2.65. The quantitative estimate of drug-likeness (QED) is 0.452. The molecule has 0 aliphatic carbocycles. The Hall–Kier alpha value is -2.73. The minimum Gasteiger partial charge on any atom is -0.508 e. The number of anilines is 2. The second-order valence-electron chi connectivity index (χ2n) is 7.15. The van der Waals surface area contributed by atoms with Gasteiger partial charge in [0, 0.05) is 30.4 Å². The van der Waals surface area contributed by atoms with Gasteiger partial charge in [-0.1, -0.05) is 19.6 Å². The molecule has 0 aliphatic heterocycles. The molecule has 0 atom stereocenters. The Kier molecular flexibility index (Phi) is 7.14. The van der Waals surface area contributed by atoms with Crippen molar-refractivity contribution in [3.63, 3.8) is 0 Å². The maximum atomic E-state index is 10.5. The lowest BCUT2D eigenvalue weighted by Crippen LogP contribution is -2.26. The van der Waals surface area contributed by atoms with Crippen molar-refractivity contribution >= 4 is 29.7 Å². The summed E-state index contributed by atoms with van der Waals surface area (Å²) in [6.45, 7) is 11.9. The smallest absolute Gasteiger partial charge is 0.139 e. The molecule has 0 unspecified atom stereocenters. The van der Waals surface area contributed by atoms with Gasteiger partial charge < -0.3 is 25.1 Å². The van der Waals surface area contributed by atoms with E-state index in [0.29, 0.717) is 28.4 Å². The summed E-state index contributed by atoms with van der Waals surface area (Å²) in [5, 5.41) is 31.4.